The van der Waals surface area contributed by atoms with Crippen LogP contribution in [0.5, 0.6) is 0 Å². The largest absolute Gasteiger partial charge is 0.0683 e. The van der Waals surface area contributed by atoms with E-state index >= 15 is 0 Å². The average molecular weight is 449 g/mol. The van der Waals surface area contributed by atoms with Crippen LogP contribution in [0.15, 0.2) is 84.9 Å². The molecule has 0 saturated carbocycles. The zero-order valence-corrected chi connectivity index (χ0v) is 22.3. The second kappa shape index (κ2) is 10.9. The Bertz CT molecular complexity index is 1400. The van der Waals surface area contributed by atoms with Crippen LogP contribution in [-0.4, -0.2) is 0 Å². The third-order valence-electron chi connectivity index (χ3n) is 6.43. The number of hydrogen-bond acceptors (Lipinski definition) is 0. The third kappa shape index (κ3) is 4.23. The molecule has 1 aliphatic carbocycles. The standard InChI is InChI=1S/C27H20.C3H8.2C2H6/c1-27(2)24-14-13-21-20-10-6-5-7-17(20)11-12-22(21)26(24)23-15-18-8-3-4-9-19(18)16-25(23)27;1-3-2;2*1-2/h3-16H,1-2H3;3H2,1-2H3;2*1-2H3. The van der Waals surface area contributed by atoms with Crippen LogP contribution in [0, 0.1) is 0 Å². The first-order valence-electron chi connectivity index (χ1n) is 13.0. The normalized spacial score (nSPS) is 12.5. The average Bonchev–Trinajstić information content (AvgIpc) is 3.11. The molecule has 6 rings (SSSR count). The van der Waals surface area contributed by atoms with Crippen LogP contribution in [0.2, 0.25) is 0 Å². The Labute approximate surface area is 206 Å². The molecule has 0 amide bonds. The van der Waals surface area contributed by atoms with E-state index in [1.165, 1.54) is 61.0 Å². The zero-order valence-electron chi connectivity index (χ0n) is 22.3. The van der Waals surface area contributed by atoms with Crippen molar-refractivity contribution in [2.45, 2.75) is 67.2 Å². The maximum atomic E-state index is 2.40. The van der Waals surface area contributed by atoms with Crippen molar-refractivity contribution < 1.29 is 0 Å². The fraction of sp³-hybridized carbons (Fsp3) is 0.294. The summed E-state index contributed by atoms with van der Waals surface area (Å²) in [4.78, 5) is 0. The zero-order chi connectivity index (χ0) is 24.9. The van der Waals surface area contributed by atoms with Gasteiger partial charge in [-0.3, -0.25) is 0 Å². The highest BCUT2D eigenvalue weighted by Crippen LogP contribution is 2.52. The molecule has 0 aliphatic heterocycles. The highest BCUT2D eigenvalue weighted by atomic mass is 14.4. The first kappa shape index (κ1) is 25.5. The lowest BCUT2D eigenvalue weighted by molar-refractivity contribution is 0.661. The van der Waals surface area contributed by atoms with Gasteiger partial charge in [-0.1, -0.05) is 135 Å². The van der Waals surface area contributed by atoms with Crippen LogP contribution in [0.25, 0.3) is 43.4 Å². The summed E-state index contributed by atoms with van der Waals surface area (Å²) in [6, 6.07) is 31.5. The predicted octanol–water partition coefficient (Wildman–Crippen LogP) is 10.9. The number of benzene rings is 5. The Hall–Kier alpha value is -3.12. The van der Waals surface area contributed by atoms with E-state index in [0.717, 1.165) is 0 Å². The molecule has 5 aromatic rings. The smallest absolute Gasteiger partial charge is 0.0159 e. The molecule has 0 bridgehead atoms. The molecular weight excluding hydrogens is 408 g/mol. The minimum absolute atomic E-state index is 0.0224. The molecular formula is C34H40. The van der Waals surface area contributed by atoms with Gasteiger partial charge in [0.25, 0.3) is 0 Å². The maximum Gasteiger partial charge on any atom is 0.0159 e. The first-order valence-corrected chi connectivity index (χ1v) is 13.0. The summed E-state index contributed by atoms with van der Waals surface area (Å²) in [6.45, 7) is 17.0. The fourth-order valence-electron chi connectivity index (χ4n) is 5.01. The van der Waals surface area contributed by atoms with Crippen LogP contribution in [0.1, 0.15) is 72.9 Å². The van der Waals surface area contributed by atoms with Gasteiger partial charge in [0.05, 0.1) is 0 Å². The van der Waals surface area contributed by atoms with Crippen LogP contribution >= 0.6 is 0 Å². The molecule has 0 N–H and O–H groups in total. The van der Waals surface area contributed by atoms with E-state index in [4.69, 9.17) is 0 Å². The summed E-state index contributed by atoms with van der Waals surface area (Å²) >= 11 is 0. The first-order chi connectivity index (χ1) is 16.6. The molecule has 34 heavy (non-hydrogen) atoms. The van der Waals surface area contributed by atoms with E-state index in [1.54, 1.807) is 0 Å². The summed E-state index contributed by atoms with van der Waals surface area (Å²) < 4.78 is 0. The third-order valence-corrected chi connectivity index (χ3v) is 6.43. The molecule has 0 atom stereocenters. The van der Waals surface area contributed by atoms with Gasteiger partial charge in [0.2, 0.25) is 0 Å². The molecule has 0 heteroatoms. The monoisotopic (exact) mass is 448 g/mol. The molecule has 0 saturated heterocycles. The van der Waals surface area contributed by atoms with Crippen LogP contribution in [0.3, 0.4) is 0 Å². The van der Waals surface area contributed by atoms with Crippen molar-refractivity contribution in [3.63, 3.8) is 0 Å². The summed E-state index contributed by atoms with van der Waals surface area (Å²) in [5.41, 5.74) is 5.72. The van der Waals surface area contributed by atoms with Crippen molar-refractivity contribution in [3.05, 3.63) is 96.1 Å². The highest BCUT2D eigenvalue weighted by Gasteiger charge is 2.36. The minimum atomic E-state index is 0.0224. The second-order valence-electron chi connectivity index (χ2n) is 8.95. The van der Waals surface area contributed by atoms with E-state index in [1.807, 2.05) is 27.7 Å². The van der Waals surface area contributed by atoms with Gasteiger partial charge < -0.3 is 0 Å². The Kier molecular flexibility index (Phi) is 8.15. The lowest BCUT2D eigenvalue weighted by Crippen LogP contribution is -2.14. The maximum absolute atomic E-state index is 2.40. The Balaban J connectivity index is 0.000000423. The number of fused-ring (bicyclic) bond motifs is 8. The molecule has 1 aliphatic rings. The summed E-state index contributed by atoms with van der Waals surface area (Å²) in [6.07, 6.45) is 1.25. The molecule has 5 aromatic carbocycles. The van der Waals surface area contributed by atoms with E-state index in [9.17, 15) is 0 Å². The molecule has 0 aromatic heterocycles. The number of hydrogen-bond donors (Lipinski definition) is 0. The van der Waals surface area contributed by atoms with E-state index in [2.05, 4.69) is 113 Å². The van der Waals surface area contributed by atoms with Crippen LogP contribution in [0.4, 0.5) is 0 Å². The Morgan fingerprint density at radius 3 is 1.71 bits per heavy atom. The summed E-state index contributed by atoms with van der Waals surface area (Å²) in [5, 5.41) is 8.01. The summed E-state index contributed by atoms with van der Waals surface area (Å²) in [7, 11) is 0. The Morgan fingerprint density at radius 1 is 0.529 bits per heavy atom. The second-order valence-corrected chi connectivity index (χ2v) is 8.95. The molecule has 0 nitrogen and oxygen atoms in total. The van der Waals surface area contributed by atoms with Gasteiger partial charge in [0.1, 0.15) is 0 Å². The van der Waals surface area contributed by atoms with Crippen LogP contribution < -0.4 is 0 Å². The minimum Gasteiger partial charge on any atom is -0.0683 e. The lowest BCUT2D eigenvalue weighted by atomic mass is 9.81. The number of rotatable bonds is 0. The van der Waals surface area contributed by atoms with Gasteiger partial charge in [-0.2, -0.15) is 0 Å². The van der Waals surface area contributed by atoms with Crippen molar-refractivity contribution in [2.75, 3.05) is 0 Å². The SMILES string of the molecule is CC.CC.CC1(C)c2cc3ccccc3cc2-c2c1ccc1c2ccc2ccccc21.CCC. The van der Waals surface area contributed by atoms with Crippen LogP contribution in [-0.2, 0) is 5.41 Å². The van der Waals surface area contributed by atoms with E-state index in [-0.39, 0.29) is 5.41 Å². The molecule has 0 heterocycles. The quantitative estimate of drug-likeness (QED) is 0.207. The predicted molar refractivity (Wildman–Crippen MR) is 155 cm³/mol. The van der Waals surface area contributed by atoms with Crippen molar-refractivity contribution in [1.82, 2.24) is 0 Å². The highest BCUT2D eigenvalue weighted by molar-refractivity contribution is 6.14. The van der Waals surface area contributed by atoms with Gasteiger partial charge in [-0.15, -0.1) is 0 Å². The molecule has 0 fully saturated rings. The van der Waals surface area contributed by atoms with Crippen molar-refractivity contribution in [1.29, 1.82) is 0 Å². The van der Waals surface area contributed by atoms with E-state index in [0.29, 0.717) is 0 Å². The van der Waals surface area contributed by atoms with Crippen molar-refractivity contribution in [2.24, 2.45) is 0 Å². The van der Waals surface area contributed by atoms with Gasteiger partial charge in [-0.25, -0.2) is 0 Å². The van der Waals surface area contributed by atoms with Gasteiger partial charge >= 0.3 is 0 Å². The molecule has 176 valence electrons. The fourth-order valence-corrected chi connectivity index (χ4v) is 5.01. The van der Waals surface area contributed by atoms with Gasteiger partial charge in [0.15, 0.2) is 0 Å². The van der Waals surface area contributed by atoms with Crippen molar-refractivity contribution in [3.8, 4) is 11.1 Å². The summed E-state index contributed by atoms with van der Waals surface area (Å²) in [5.74, 6) is 0. The van der Waals surface area contributed by atoms with E-state index < -0.39 is 0 Å². The van der Waals surface area contributed by atoms with Gasteiger partial charge in [-0.05, 0) is 66.7 Å². The lowest BCUT2D eigenvalue weighted by Gasteiger charge is -2.22. The molecule has 0 radical (unpaired) electrons. The van der Waals surface area contributed by atoms with Gasteiger partial charge in [0, 0.05) is 5.41 Å². The molecule has 0 unspecified atom stereocenters. The topological polar surface area (TPSA) is 0 Å². The van der Waals surface area contributed by atoms with Crippen molar-refractivity contribution >= 4 is 32.3 Å². The molecule has 0 spiro atoms. The Morgan fingerprint density at radius 2 is 1.06 bits per heavy atom.